The molecule has 0 aliphatic rings. The van der Waals surface area contributed by atoms with Gasteiger partial charge in [0.05, 0.1) is 11.6 Å². The molecule has 1 N–H and O–H groups in total. The van der Waals surface area contributed by atoms with Crippen LogP contribution in [0.3, 0.4) is 0 Å². The van der Waals surface area contributed by atoms with Crippen LogP contribution in [0.1, 0.15) is 27.2 Å². The Morgan fingerprint density at radius 3 is 2.40 bits per heavy atom. The molecule has 0 aliphatic carbocycles. The Hall–Kier alpha value is -0.610. The number of hydrogen-bond donors (Lipinski definition) is 1. The highest BCUT2D eigenvalue weighted by atomic mass is 16.5. The molecule has 0 heterocycles. The molecular formula is C11H24N2O2. The first-order chi connectivity index (χ1) is 6.80. The Morgan fingerprint density at radius 1 is 1.47 bits per heavy atom. The Balaban J connectivity index is 3.82. The van der Waals surface area contributed by atoms with E-state index in [0.717, 1.165) is 13.0 Å². The smallest absolute Gasteiger partial charge is 0.238 e. The SMILES string of the molecule is COC(C)(C)CCNC(C)C(=O)N(C)C. The van der Waals surface area contributed by atoms with Crippen LogP contribution >= 0.6 is 0 Å². The second-order valence-electron chi connectivity index (χ2n) is 4.62. The molecule has 1 atom stereocenters. The predicted molar refractivity (Wildman–Crippen MR) is 61.9 cm³/mol. The van der Waals surface area contributed by atoms with Crippen LogP contribution in [0.15, 0.2) is 0 Å². The molecule has 0 rings (SSSR count). The van der Waals surface area contributed by atoms with Crippen LogP contribution in [0.2, 0.25) is 0 Å². The van der Waals surface area contributed by atoms with E-state index in [1.165, 1.54) is 0 Å². The fourth-order valence-corrected chi connectivity index (χ4v) is 1.17. The Morgan fingerprint density at radius 2 is 2.00 bits per heavy atom. The highest BCUT2D eigenvalue weighted by Crippen LogP contribution is 2.11. The lowest BCUT2D eigenvalue weighted by Gasteiger charge is -2.24. The number of nitrogens with one attached hydrogen (secondary N) is 1. The highest BCUT2D eigenvalue weighted by Gasteiger charge is 2.18. The fraction of sp³-hybridized carbons (Fsp3) is 0.909. The number of hydrogen-bond acceptors (Lipinski definition) is 3. The third kappa shape index (κ3) is 5.74. The normalized spacial score (nSPS) is 13.7. The van der Waals surface area contributed by atoms with Gasteiger partial charge in [-0.2, -0.15) is 0 Å². The highest BCUT2D eigenvalue weighted by molar-refractivity contribution is 5.80. The molecule has 0 saturated heterocycles. The van der Waals surface area contributed by atoms with Gasteiger partial charge in [0.2, 0.25) is 5.91 Å². The minimum absolute atomic E-state index is 0.102. The van der Waals surface area contributed by atoms with E-state index < -0.39 is 0 Å². The number of ether oxygens (including phenoxy) is 1. The number of methoxy groups -OCH3 is 1. The van der Waals surface area contributed by atoms with E-state index in [1.54, 1.807) is 26.1 Å². The first-order valence-electron chi connectivity index (χ1n) is 5.30. The number of carbonyl (C=O) groups excluding carboxylic acids is 1. The van der Waals surface area contributed by atoms with E-state index in [-0.39, 0.29) is 17.6 Å². The van der Waals surface area contributed by atoms with E-state index in [2.05, 4.69) is 5.32 Å². The quantitative estimate of drug-likeness (QED) is 0.716. The molecule has 0 bridgehead atoms. The minimum Gasteiger partial charge on any atom is -0.379 e. The van der Waals surface area contributed by atoms with Crippen molar-refractivity contribution in [1.29, 1.82) is 0 Å². The zero-order valence-corrected chi connectivity index (χ0v) is 10.8. The molecule has 1 unspecified atom stereocenters. The topological polar surface area (TPSA) is 41.6 Å². The standard InChI is InChI=1S/C11H24N2O2/c1-9(10(14)13(4)5)12-8-7-11(2,3)15-6/h9,12H,7-8H2,1-6H3. The third-order valence-corrected chi connectivity index (χ3v) is 2.54. The third-order valence-electron chi connectivity index (χ3n) is 2.54. The summed E-state index contributed by atoms with van der Waals surface area (Å²) < 4.78 is 5.29. The summed E-state index contributed by atoms with van der Waals surface area (Å²) in [5, 5.41) is 3.18. The monoisotopic (exact) mass is 216 g/mol. The van der Waals surface area contributed by atoms with Gasteiger partial charge in [-0.05, 0) is 33.7 Å². The van der Waals surface area contributed by atoms with Crippen LogP contribution in [-0.4, -0.2) is 50.2 Å². The lowest BCUT2D eigenvalue weighted by Crippen LogP contribution is -2.43. The molecule has 0 aliphatic heterocycles. The average molecular weight is 216 g/mol. The van der Waals surface area contributed by atoms with Crippen molar-refractivity contribution in [1.82, 2.24) is 10.2 Å². The number of amides is 1. The molecule has 0 radical (unpaired) electrons. The van der Waals surface area contributed by atoms with Crippen LogP contribution in [-0.2, 0) is 9.53 Å². The van der Waals surface area contributed by atoms with Gasteiger partial charge in [0.1, 0.15) is 0 Å². The largest absolute Gasteiger partial charge is 0.379 e. The van der Waals surface area contributed by atoms with E-state index >= 15 is 0 Å². The molecule has 0 aromatic carbocycles. The number of likely N-dealkylation sites (N-methyl/N-ethyl adjacent to an activating group) is 1. The molecule has 4 nitrogen and oxygen atoms in total. The Bertz CT molecular complexity index is 203. The lowest BCUT2D eigenvalue weighted by molar-refractivity contribution is -0.130. The molecule has 15 heavy (non-hydrogen) atoms. The van der Waals surface area contributed by atoms with E-state index in [0.29, 0.717) is 0 Å². The second-order valence-corrected chi connectivity index (χ2v) is 4.62. The minimum atomic E-state index is -0.132. The fourth-order valence-electron chi connectivity index (χ4n) is 1.17. The van der Waals surface area contributed by atoms with Crippen LogP contribution < -0.4 is 5.32 Å². The number of rotatable bonds is 6. The Kier molecular flexibility index (Phi) is 5.83. The summed E-state index contributed by atoms with van der Waals surface area (Å²) >= 11 is 0. The first kappa shape index (κ1) is 14.4. The molecule has 1 amide bonds. The molecule has 0 aromatic rings. The van der Waals surface area contributed by atoms with Crippen molar-refractivity contribution in [3.63, 3.8) is 0 Å². The van der Waals surface area contributed by atoms with Crippen molar-refractivity contribution in [2.24, 2.45) is 0 Å². The van der Waals surface area contributed by atoms with Crippen molar-refractivity contribution in [3.8, 4) is 0 Å². The summed E-state index contributed by atoms with van der Waals surface area (Å²) in [6.45, 7) is 6.73. The van der Waals surface area contributed by atoms with Crippen molar-refractivity contribution in [2.45, 2.75) is 38.8 Å². The number of nitrogens with zero attached hydrogens (tertiary/aromatic N) is 1. The first-order valence-corrected chi connectivity index (χ1v) is 5.30. The lowest BCUT2D eigenvalue weighted by atomic mass is 10.1. The molecule has 0 aromatic heterocycles. The van der Waals surface area contributed by atoms with Gasteiger partial charge in [-0.25, -0.2) is 0 Å². The summed E-state index contributed by atoms with van der Waals surface area (Å²) in [7, 11) is 5.23. The summed E-state index contributed by atoms with van der Waals surface area (Å²) in [5.41, 5.74) is -0.131. The van der Waals surface area contributed by atoms with Crippen molar-refractivity contribution < 1.29 is 9.53 Å². The number of carbonyl (C=O) groups is 1. The molecule has 90 valence electrons. The van der Waals surface area contributed by atoms with Crippen molar-refractivity contribution in [3.05, 3.63) is 0 Å². The van der Waals surface area contributed by atoms with Gasteiger partial charge in [-0.15, -0.1) is 0 Å². The van der Waals surface area contributed by atoms with Gasteiger partial charge in [0, 0.05) is 21.2 Å². The molecule has 0 saturated carbocycles. The summed E-state index contributed by atoms with van der Waals surface area (Å²) in [4.78, 5) is 13.1. The Labute approximate surface area is 93.0 Å². The molecule has 0 spiro atoms. The maximum atomic E-state index is 11.5. The van der Waals surface area contributed by atoms with Gasteiger partial charge >= 0.3 is 0 Å². The van der Waals surface area contributed by atoms with Crippen LogP contribution in [0.5, 0.6) is 0 Å². The van der Waals surface area contributed by atoms with Crippen LogP contribution in [0.4, 0.5) is 0 Å². The van der Waals surface area contributed by atoms with E-state index in [9.17, 15) is 4.79 Å². The average Bonchev–Trinajstić information content (AvgIpc) is 2.16. The van der Waals surface area contributed by atoms with Crippen molar-refractivity contribution >= 4 is 5.91 Å². The molecular weight excluding hydrogens is 192 g/mol. The predicted octanol–water partition coefficient (Wildman–Crippen LogP) is 0.868. The molecule has 0 fully saturated rings. The van der Waals surface area contributed by atoms with E-state index in [4.69, 9.17) is 4.74 Å². The van der Waals surface area contributed by atoms with Gasteiger partial charge < -0.3 is 15.0 Å². The maximum Gasteiger partial charge on any atom is 0.238 e. The molecule has 4 heteroatoms. The van der Waals surface area contributed by atoms with Gasteiger partial charge in [0.25, 0.3) is 0 Å². The van der Waals surface area contributed by atoms with Gasteiger partial charge in [0.15, 0.2) is 0 Å². The second kappa shape index (κ2) is 6.08. The van der Waals surface area contributed by atoms with Crippen LogP contribution in [0, 0.1) is 0 Å². The summed E-state index contributed by atoms with van der Waals surface area (Å²) in [5.74, 6) is 0.102. The van der Waals surface area contributed by atoms with Gasteiger partial charge in [-0.1, -0.05) is 0 Å². The van der Waals surface area contributed by atoms with Crippen molar-refractivity contribution in [2.75, 3.05) is 27.7 Å². The van der Waals surface area contributed by atoms with Crippen LogP contribution in [0.25, 0.3) is 0 Å². The maximum absolute atomic E-state index is 11.5. The zero-order valence-electron chi connectivity index (χ0n) is 10.8. The zero-order chi connectivity index (χ0) is 12.1. The summed E-state index contributed by atoms with van der Waals surface area (Å²) in [6.07, 6.45) is 0.883. The van der Waals surface area contributed by atoms with E-state index in [1.807, 2.05) is 20.8 Å². The summed E-state index contributed by atoms with van der Waals surface area (Å²) in [6, 6.07) is -0.132. The van der Waals surface area contributed by atoms with Gasteiger partial charge in [-0.3, -0.25) is 4.79 Å².